The standard InChI is InChI=1S/C14H8BrFN2O/c15-13-12(9-5-7-17-8-6-9)18-14(19-13)10-1-3-11(16)4-2-10/h1-8H. The van der Waals surface area contributed by atoms with Crippen LogP contribution in [0.4, 0.5) is 4.39 Å². The molecule has 0 aliphatic carbocycles. The molecule has 0 amide bonds. The molecule has 0 radical (unpaired) electrons. The maximum atomic E-state index is 12.9. The van der Waals surface area contributed by atoms with E-state index < -0.39 is 0 Å². The number of nitrogens with zero attached hydrogens (tertiary/aromatic N) is 2. The molecule has 0 aliphatic rings. The highest BCUT2D eigenvalue weighted by Gasteiger charge is 2.14. The SMILES string of the molecule is Fc1ccc(-c2nc(-c3ccncc3)c(Br)o2)cc1. The third-order valence-corrected chi connectivity index (χ3v) is 3.17. The predicted molar refractivity (Wildman–Crippen MR) is 72.8 cm³/mol. The Labute approximate surface area is 117 Å². The number of aromatic nitrogens is 2. The second-order valence-electron chi connectivity index (χ2n) is 3.88. The van der Waals surface area contributed by atoms with Crippen molar-refractivity contribution in [1.29, 1.82) is 0 Å². The van der Waals surface area contributed by atoms with Gasteiger partial charge in [0.05, 0.1) is 0 Å². The minimum atomic E-state index is -0.288. The zero-order valence-electron chi connectivity index (χ0n) is 9.68. The zero-order valence-corrected chi connectivity index (χ0v) is 11.3. The summed E-state index contributed by atoms with van der Waals surface area (Å²) in [5.74, 6) is 0.155. The van der Waals surface area contributed by atoms with Gasteiger partial charge in [0.1, 0.15) is 11.5 Å². The number of pyridine rings is 1. The van der Waals surface area contributed by atoms with E-state index in [0.717, 1.165) is 11.1 Å². The first kappa shape index (κ1) is 12.0. The van der Waals surface area contributed by atoms with Crippen LogP contribution >= 0.6 is 15.9 Å². The summed E-state index contributed by atoms with van der Waals surface area (Å²) in [7, 11) is 0. The Hall–Kier alpha value is -2.01. The third kappa shape index (κ3) is 2.42. The summed E-state index contributed by atoms with van der Waals surface area (Å²) in [6, 6.07) is 9.70. The van der Waals surface area contributed by atoms with Gasteiger partial charge in [-0.25, -0.2) is 9.37 Å². The van der Waals surface area contributed by atoms with Gasteiger partial charge >= 0.3 is 0 Å². The van der Waals surface area contributed by atoms with Gasteiger partial charge in [-0.05, 0) is 52.3 Å². The molecule has 3 rings (SSSR count). The van der Waals surface area contributed by atoms with Gasteiger partial charge in [0, 0.05) is 23.5 Å². The van der Waals surface area contributed by atoms with Gasteiger partial charge in [-0.3, -0.25) is 4.98 Å². The lowest BCUT2D eigenvalue weighted by molar-refractivity contribution is 0.549. The van der Waals surface area contributed by atoms with Crippen molar-refractivity contribution >= 4 is 15.9 Å². The van der Waals surface area contributed by atoms with Gasteiger partial charge in [-0.1, -0.05) is 0 Å². The van der Waals surface area contributed by atoms with Crippen LogP contribution in [0, 0.1) is 5.82 Å². The van der Waals surface area contributed by atoms with E-state index in [1.54, 1.807) is 24.5 Å². The van der Waals surface area contributed by atoms with E-state index in [1.807, 2.05) is 12.1 Å². The number of hydrogen-bond donors (Lipinski definition) is 0. The first-order valence-electron chi connectivity index (χ1n) is 5.57. The summed E-state index contributed by atoms with van der Waals surface area (Å²) >= 11 is 3.34. The highest BCUT2D eigenvalue weighted by Crippen LogP contribution is 2.32. The largest absolute Gasteiger partial charge is 0.429 e. The first-order valence-corrected chi connectivity index (χ1v) is 6.36. The van der Waals surface area contributed by atoms with E-state index in [-0.39, 0.29) is 5.82 Å². The molecule has 0 spiro atoms. The Kier molecular flexibility index (Phi) is 3.13. The molecule has 2 aromatic heterocycles. The molecule has 0 saturated carbocycles. The Bertz CT molecular complexity index is 695. The molecule has 2 heterocycles. The summed E-state index contributed by atoms with van der Waals surface area (Å²) in [5, 5.41) is 0. The van der Waals surface area contributed by atoms with Crippen LogP contribution in [0.3, 0.4) is 0 Å². The summed E-state index contributed by atoms with van der Waals surface area (Å²) in [4.78, 5) is 8.38. The minimum Gasteiger partial charge on any atom is -0.429 e. The van der Waals surface area contributed by atoms with Gasteiger partial charge in [0.25, 0.3) is 0 Å². The molecule has 19 heavy (non-hydrogen) atoms. The van der Waals surface area contributed by atoms with Crippen LogP contribution < -0.4 is 0 Å². The normalized spacial score (nSPS) is 10.6. The minimum absolute atomic E-state index is 0.288. The molecule has 94 valence electrons. The Morgan fingerprint density at radius 2 is 1.63 bits per heavy atom. The van der Waals surface area contributed by atoms with Gasteiger partial charge in [0.15, 0.2) is 4.67 Å². The van der Waals surface area contributed by atoms with Crippen molar-refractivity contribution in [2.75, 3.05) is 0 Å². The lowest BCUT2D eigenvalue weighted by Crippen LogP contribution is -1.81. The molecule has 3 aromatic rings. The van der Waals surface area contributed by atoms with Crippen molar-refractivity contribution in [3.05, 3.63) is 59.3 Å². The predicted octanol–water partition coefficient (Wildman–Crippen LogP) is 4.31. The van der Waals surface area contributed by atoms with Gasteiger partial charge in [0.2, 0.25) is 5.89 Å². The van der Waals surface area contributed by atoms with E-state index in [2.05, 4.69) is 25.9 Å². The molecule has 0 aliphatic heterocycles. The van der Waals surface area contributed by atoms with Gasteiger partial charge in [-0.15, -0.1) is 0 Å². The topological polar surface area (TPSA) is 38.9 Å². The van der Waals surface area contributed by atoms with Gasteiger partial charge < -0.3 is 4.42 Å². The number of rotatable bonds is 2. The number of halogens is 2. The lowest BCUT2D eigenvalue weighted by Gasteiger charge is -1.94. The molecule has 0 saturated heterocycles. The second kappa shape index (κ2) is 4.93. The van der Waals surface area contributed by atoms with Crippen LogP contribution in [0.5, 0.6) is 0 Å². The van der Waals surface area contributed by atoms with Crippen molar-refractivity contribution < 1.29 is 8.81 Å². The quantitative estimate of drug-likeness (QED) is 0.707. The van der Waals surface area contributed by atoms with Crippen molar-refractivity contribution in [3.8, 4) is 22.7 Å². The molecular formula is C14H8BrFN2O. The summed E-state index contributed by atoms with van der Waals surface area (Å²) in [5.41, 5.74) is 2.32. The van der Waals surface area contributed by atoms with Crippen LogP contribution in [-0.2, 0) is 0 Å². The fourth-order valence-electron chi connectivity index (χ4n) is 1.71. The molecular weight excluding hydrogens is 311 g/mol. The maximum Gasteiger partial charge on any atom is 0.228 e. The van der Waals surface area contributed by atoms with Gasteiger partial charge in [-0.2, -0.15) is 0 Å². The smallest absolute Gasteiger partial charge is 0.228 e. The molecule has 5 heteroatoms. The van der Waals surface area contributed by atoms with E-state index in [1.165, 1.54) is 12.1 Å². The van der Waals surface area contributed by atoms with Crippen LogP contribution in [0.25, 0.3) is 22.7 Å². The lowest BCUT2D eigenvalue weighted by atomic mass is 10.2. The number of hydrogen-bond acceptors (Lipinski definition) is 3. The maximum absolute atomic E-state index is 12.9. The number of oxazole rings is 1. The van der Waals surface area contributed by atoms with Crippen molar-refractivity contribution in [3.63, 3.8) is 0 Å². The molecule has 0 bridgehead atoms. The van der Waals surface area contributed by atoms with Crippen molar-refractivity contribution in [2.45, 2.75) is 0 Å². The molecule has 1 aromatic carbocycles. The molecule has 0 fully saturated rings. The van der Waals surface area contributed by atoms with E-state index >= 15 is 0 Å². The van der Waals surface area contributed by atoms with Crippen LogP contribution in [-0.4, -0.2) is 9.97 Å². The Morgan fingerprint density at radius 1 is 0.947 bits per heavy atom. The van der Waals surface area contributed by atoms with Crippen LogP contribution in [0.2, 0.25) is 0 Å². The molecule has 0 unspecified atom stereocenters. The zero-order chi connectivity index (χ0) is 13.2. The van der Waals surface area contributed by atoms with E-state index in [0.29, 0.717) is 16.3 Å². The Morgan fingerprint density at radius 3 is 2.32 bits per heavy atom. The third-order valence-electron chi connectivity index (χ3n) is 2.63. The fourth-order valence-corrected chi connectivity index (χ4v) is 2.18. The summed E-state index contributed by atoms with van der Waals surface area (Å²) in [6.45, 7) is 0. The first-order chi connectivity index (χ1) is 9.24. The summed E-state index contributed by atoms with van der Waals surface area (Å²) in [6.07, 6.45) is 3.38. The highest BCUT2D eigenvalue weighted by molar-refractivity contribution is 9.10. The monoisotopic (exact) mass is 318 g/mol. The van der Waals surface area contributed by atoms with E-state index in [9.17, 15) is 4.39 Å². The fraction of sp³-hybridized carbons (Fsp3) is 0. The average molecular weight is 319 g/mol. The highest BCUT2D eigenvalue weighted by atomic mass is 79.9. The molecule has 0 N–H and O–H groups in total. The summed E-state index contributed by atoms with van der Waals surface area (Å²) < 4.78 is 19.0. The average Bonchev–Trinajstić information content (AvgIpc) is 2.83. The van der Waals surface area contributed by atoms with Crippen molar-refractivity contribution in [2.24, 2.45) is 0 Å². The molecule has 3 nitrogen and oxygen atoms in total. The number of benzene rings is 1. The van der Waals surface area contributed by atoms with Crippen molar-refractivity contribution in [1.82, 2.24) is 9.97 Å². The van der Waals surface area contributed by atoms with Crippen LogP contribution in [0.1, 0.15) is 0 Å². The van der Waals surface area contributed by atoms with E-state index in [4.69, 9.17) is 4.42 Å². The second-order valence-corrected chi connectivity index (χ2v) is 4.60. The molecule has 0 atom stereocenters. The van der Waals surface area contributed by atoms with Crippen LogP contribution in [0.15, 0.2) is 57.9 Å². The Balaban J connectivity index is 2.04.